The number of nitrogens with two attached hydrogens (primary N) is 1. The number of carbonyl (C=O) groups is 1. The number of amides is 1. The molecule has 0 radical (unpaired) electrons. The van der Waals surface area contributed by atoms with Gasteiger partial charge in [-0.25, -0.2) is 0 Å². The van der Waals surface area contributed by atoms with Crippen molar-refractivity contribution < 1.29 is 9.32 Å². The lowest BCUT2D eigenvalue weighted by atomic mass is 10.2. The molecule has 1 amide bonds. The molecule has 0 unspecified atom stereocenters. The van der Waals surface area contributed by atoms with Gasteiger partial charge in [0.25, 0.3) is 0 Å². The first-order valence-corrected chi connectivity index (χ1v) is 7.22. The van der Waals surface area contributed by atoms with Crippen molar-refractivity contribution in [3.63, 3.8) is 0 Å². The number of thioether (sulfide) groups is 1. The van der Waals surface area contributed by atoms with Crippen LogP contribution in [0.3, 0.4) is 0 Å². The number of nitrogens with one attached hydrogen (secondary N) is 1. The Morgan fingerprint density at radius 2 is 2.15 bits per heavy atom. The molecule has 2 aromatic rings. The monoisotopic (exact) mass is 291 g/mol. The third-order valence-corrected chi connectivity index (χ3v) is 3.99. The van der Waals surface area contributed by atoms with Gasteiger partial charge in [0.05, 0.1) is 11.4 Å². The average molecular weight is 291 g/mol. The summed E-state index contributed by atoms with van der Waals surface area (Å²) in [4.78, 5) is 11.9. The van der Waals surface area contributed by atoms with E-state index in [4.69, 9.17) is 10.3 Å². The minimum absolute atomic E-state index is 0.268. The number of hydrogen-bond donors (Lipinski definition) is 2. The fourth-order valence-electron chi connectivity index (χ4n) is 1.83. The molecule has 5 nitrogen and oxygen atoms in total. The zero-order chi connectivity index (χ0) is 14.5. The van der Waals surface area contributed by atoms with Crippen LogP contribution >= 0.6 is 11.8 Å². The van der Waals surface area contributed by atoms with Crippen molar-refractivity contribution in [3.8, 4) is 0 Å². The van der Waals surface area contributed by atoms with Crippen molar-refractivity contribution >= 4 is 23.4 Å². The highest BCUT2D eigenvalue weighted by Crippen LogP contribution is 2.27. The van der Waals surface area contributed by atoms with E-state index in [0.717, 1.165) is 27.6 Å². The van der Waals surface area contributed by atoms with Crippen LogP contribution in [0.25, 0.3) is 0 Å². The van der Waals surface area contributed by atoms with Crippen molar-refractivity contribution in [2.45, 2.75) is 25.3 Å². The second kappa shape index (κ2) is 6.47. The Labute approximate surface area is 121 Å². The molecule has 20 heavy (non-hydrogen) atoms. The molecule has 0 aliphatic heterocycles. The fraction of sp³-hybridized carbons (Fsp3) is 0.286. The van der Waals surface area contributed by atoms with Crippen molar-refractivity contribution in [1.82, 2.24) is 5.16 Å². The van der Waals surface area contributed by atoms with Gasteiger partial charge in [0.15, 0.2) is 0 Å². The highest BCUT2D eigenvalue weighted by Gasteiger charge is 2.10. The van der Waals surface area contributed by atoms with Crippen molar-refractivity contribution in [2.24, 2.45) is 5.73 Å². The molecule has 2 rings (SSSR count). The molecule has 1 aromatic carbocycles. The van der Waals surface area contributed by atoms with Crippen LogP contribution in [0.15, 0.2) is 33.7 Å². The average Bonchev–Trinajstić information content (AvgIpc) is 2.74. The van der Waals surface area contributed by atoms with E-state index in [9.17, 15) is 4.79 Å². The normalized spacial score (nSPS) is 10.5. The van der Waals surface area contributed by atoms with Crippen LogP contribution in [0.2, 0.25) is 0 Å². The van der Waals surface area contributed by atoms with Gasteiger partial charge in [-0.2, -0.15) is 0 Å². The van der Waals surface area contributed by atoms with Gasteiger partial charge < -0.3 is 15.6 Å². The number of primary amides is 1. The Morgan fingerprint density at radius 3 is 2.80 bits per heavy atom. The topological polar surface area (TPSA) is 81.2 Å². The maximum absolute atomic E-state index is 10.9. The van der Waals surface area contributed by atoms with Crippen LogP contribution in [0, 0.1) is 13.8 Å². The molecular formula is C14H17N3O2S. The van der Waals surface area contributed by atoms with Crippen LogP contribution in [-0.2, 0) is 11.3 Å². The molecule has 0 aliphatic rings. The molecular weight excluding hydrogens is 274 g/mol. The van der Waals surface area contributed by atoms with Gasteiger partial charge in [-0.15, -0.1) is 11.8 Å². The van der Waals surface area contributed by atoms with Crippen LogP contribution in [-0.4, -0.2) is 16.8 Å². The molecule has 3 N–H and O–H groups in total. The van der Waals surface area contributed by atoms with Crippen molar-refractivity contribution in [2.75, 3.05) is 11.1 Å². The zero-order valence-corrected chi connectivity index (χ0v) is 12.3. The minimum Gasteiger partial charge on any atom is -0.380 e. The third kappa shape index (κ3) is 3.54. The van der Waals surface area contributed by atoms with Crippen LogP contribution in [0.5, 0.6) is 0 Å². The number of rotatable bonds is 6. The van der Waals surface area contributed by atoms with E-state index in [1.165, 1.54) is 11.8 Å². The fourth-order valence-corrected chi connectivity index (χ4v) is 2.59. The van der Waals surface area contributed by atoms with E-state index in [1.807, 2.05) is 38.1 Å². The number of para-hydroxylation sites is 1. The number of nitrogens with zero attached hydrogens (tertiary/aromatic N) is 1. The standard InChI is InChI=1S/C14H17N3O2S/c1-9-11(10(2)19-17-9)7-16-12-5-3-4-6-13(12)20-8-14(15)18/h3-6,16H,7-8H2,1-2H3,(H2,15,18). The molecule has 0 aliphatic carbocycles. The Bertz CT molecular complexity index is 591. The van der Waals surface area contributed by atoms with E-state index in [2.05, 4.69) is 10.5 Å². The van der Waals surface area contributed by atoms with Crippen LogP contribution < -0.4 is 11.1 Å². The summed E-state index contributed by atoms with van der Waals surface area (Å²) < 4.78 is 5.14. The van der Waals surface area contributed by atoms with E-state index >= 15 is 0 Å². The first-order valence-electron chi connectivity index (χ1n) is 6.23. The Morgan fingerprint density at radius 1 is 1.40 bits per heavy atom. The zero-order valence-electron chi connectivity index (χ0n) is 11.5. The number of benzene rings is 1. The number of aryl methyl sites for hydroxylation is 2. The summed E-state index contributed by atoms with van der Waals surface area (Å²) in [6, 6.07) is 7.82. The van der Waals surface area contributed by atoms with Gasteiger partial charge in [0, 0.05) is 22.7 Å². The van der Waals surface area contributed by atoms with Crippen molar-refractivity contribution in [3.05, 3.63) is 41.3 Å². The summed E-state index contributed by atoms with van der Waals surface area (Å²) in [5, 5.41) is 7.28. The highest BCUT2D eigenvalue weighted by molar-refractivity contribution is 8.00. The lowest BCUT2D eigenvalue weighted by Gasteiger charge is -2.11. The summed E-state index contributed by atoms with van der Waals surface area (Å²) in [5.74, 6) is 0.761. The molecule has 0 atom stereocenters. The Kier molecular flexibility index (Phi) is 4.68. The summed E-state index contributed by atoms with van der Waals surface area (Å²) in [6.07, 6.45) is 0. The largest absolute Gasteiger partial charge is 0.380 e. The highest BCUT2D eigenvalue weighted by atomic mass is 32.2. The Balaban J connectivity index is 2.07. The van der Waals surface area contributed by atoms with Crippen LogP contribution in [0.4, 0.5) is 5.69 Å². The molecule has 0 fully saturated rings. The molecule has 0 saturated carbocycles. The van der Waals surface area contributed by atoms with Gasteiger partial charge >= 0.3 is 0 Å². The number of aromatic nitrogens is 1. The second-order valence-corrected chi connectivity index (χ2v) is 5.42. The predicted octanol–water partition coefficient (Wildman–Crippen LogP) is 2.48. The van der Waals surface area contributed by atoms with Gasteiger partial charge in [-0.1, -0.05) is 17.3 Å². The summed E-state index contributed by atoms with van der Waals surface area (Å²) in [7, 11) is 0. The molecule has 0 saturated heterocycles. The molecule has 0 bridgehead atoms. The summed E-state index contributed by atoms with van der Waals surface area (Å²) in [5.41, 5.74) is 8.09. The van der Waals surface area contributed by atoms with Gasteiger partial charge in [0.2, 0.25) is 5.91 Å². The maximum Gasteiger partial charge on any atom is 0.227 e. The maximum atomic E-state index is 10.9. The summed E-state index contributed by atoms with van der Waals surface area (Å²) in [6.45, 7) is 4.45. The minimum atomic E-state index is -0.324. The van der Waals surface area contributed by atoms with E-state index in [-0.39, 0.29) is 11.7 Å². The van der Waals surface area contributed by atoms with Gasteiger partial charge in [-0.05, 0) is 26.0 Å². The second-order valence-electron chi connectivity index (χ2n) is 4.41. The predicted molar refractivity (Wildman–Crippen MR) is 79.7 cm³/mol. The molecule has 1 heterocycles. The van der Waals surface area contributed by atoms with E-state index in [1.54, 1.807) is 0 Å². The summed E-state index contributed by atoms with van der Waals surface area (Å²) >= 11 is 1.42. The molecule has 1 aromatic heterocycles. The molecule has 6 heteroatoms. The van der Waals surface area contributed by atoms with Crippen LogP contribution in [0.1, 0.15) is 17.0 Å². The van der Waals surface area contributed by atoms with Gasteiger partial charge in [-0.3, -0.25) is 4.79 Å². The quantitative estimate of drug-likeness (QED) is 0.799. The lowest BCUT2D eigenvalue weighted by molar-refractivity contribution is -0.115. The first-order chi connectivity index (χ1) is 9.58. The number of anilines is 1. The van der Waals surface area contributed by atoms with E-state index in [0.29, 0.717) is 6.54 Å². The first kappa shape index (κ1) is 14.5. The molecule has 106 valence electrons. The van der Waals surface area contributed by atoms with Crippen molar-refractivity contribution in [1.29, 1.82) is 0 Å². The smallest absolute Gasteiger partial charge is 0.227 e. The van der Waals surface area contributed by atoms with Gasteiger partial charge in [0.1, 0.15) is 5.76 Å². The number of hydrogen-bond acceptors (Lipinski definition) is 5. The lowest BCUT2D eigenvalue weighted by Crippen LogP contribution is -2.13. The number of carbonyl (C=O) groups excluding carboxylic acids is 1. The Hall–Kier alpha value is -1.95. The third-order valence-electron chi connectivity index (χ3n) is 2.89. The SMILES string of the molecule is Cc1noc(C)c1CNc1ccccc1SCC(N)=O. The van der Waals surface area contributed by atoms with E-state index < -0.39 is 0 Å². The molecule has 0 spiro atoms.